The van der Waals surface area contributed by atoms with Crippen molar-refractivity contribution in [3.63, 3.8) is 0 Å². The third-order valence-corrected chi connectivity index (χ3v) is 3.57. The third-order valence-electron chi connectivity index (χ3n) is 3.57. The molecule has 0 aliphatic heterocycles. The van der Waals surface area contributed by atoms with Crippen molar-refractivity contribution < 1.29 is 19.1 Å². The van der Waals surface area contributed by atoms with Crippen molar-refractivity contribution >= 4 is 11.9 Å². The summed E-state index contributed by atoms with van der Waals surface area (Å²) in [6, 6.07) is 7.50. The molecule has 0 amide bonds. The molecule has 108 valence electrons. The van der Waals surface area contributed by atoms with E-state index in [9.17, 15) is 9.59 Å². The van der Waals surface area contributed by atoms with Gasteiger partial charge in [-0.15, -0.1) is 0 Å². The van der Waals surface area contributed by atoms with Gasteiger partial charge in [-0.3, -0.25) is 9.59 Å². The quantitative estimate of drug-likeness (QED) is 0.628. The van der Waals surface area contributed by atoms with Crippen LogP contribution in [0, 0.1) is 0 Å². The monoisotopic (exact) mass is 276 g/mol. The lowest BCUT2D eigenvalue weighted by molar-refractivity contribution is -0.148. The lowest BCUT2D eigenvalue weighted by Crippen LogP contribution is -2.27. The molecule has 0 bridgehead atoms. The van der Waals surface area contributed by atoms with E-state index in [2.05, 4.69) is 0 Å². The molecule has 0 radical (unpaired) electrons. The van der Waals surface area contributed by atoms with Gasteiger partial charge in [-0.25, -0.2) is 0 Å². The van der Waals surface area contributed by atoms with Gasteiger partial charge in [0.25, 0.3) is 0 Å². The second-order valence-electron chi connectivity index (χ2n) is 5.20. The van der Waals surface area contributed by atoms with E-state index < -0.39 is 0 Å². The molecule has 1 saturated carbocycles. The Bertz CT molecular complexity index is 495. The van der Waals surface area contributed by atoms with E-state index in [1.807, 2.05) is 18.2 Å². The standard InChI is InChI=1S/C16H20O4/c1-11(17)19-14-7-5-6-13(10-14)15-8-3-4-9-16(15)20-12(2)18/h5-7,10,15-16H,3-4,8-9H2,1-2H3/t15-,16+/m0/s1. The van der Waals surface area contributed by atoms with Crippen LogP contribution in [0.1, 0.15) is 51.0 Å². The minimum Gasteiger partial charge on any atom is -0.462 e. The van der Waals surface area contributed by atoms with Crippen molar-refractivity contribution in [3.8, 4) is 5.75 Å². The zero-order valence-corrected chi connectivity index (χ0v) is 11.9. The number of esters is 2. The number of ether oxygens (including phenoxy) is 2. The molecule has 4 nitrogen and oxygen atoms in total. The Labute approximate surface area is 119 Å². The average molecular weight is 276 g/mol. The predicted molar refractivity (Wildman–Crippen MR) is 74.5 cm³/mol. The highest BCUT2D eigenvalue weighted by atomic mass is 16.5. The van der Waals surface area contributed by atoms with Gasteiger partial charge in [0.05, 0.1) is 0 Å². The molecule has 0 spiro atoms. The molecule has 1 fully saturated rings. The highest BCUT2D eigenvalue weighted by Gasteiger charge is 2.29. The Balaban J connectivity index is 2.18. The molecule has 1 aliphatic rings. The smallest absolute Gasteiger partial charge is 0.308 e. The maximum atomic E-state index is 11.2. The van der Waals surface area contributed by atoms with E-state index in [0.29, 0.717) is 5.75 Å². The molecule has 1 aliphatic carbocycles. The second kappa shape index (κ2) is 6.55. The minimum atomic E-state index is -0.331. The first-order valence-electron chi connectivity index (χ1n) is 7.02. The van der Waals surface area contributed by atoms with Gasteiger partial charge in [-0.05, 0) is 37.0 Å². The SMILES string of the molecule is CC(=O)Oc1cccc([C@@H]2CCCC[C@H]2OC(C)=O)c1. The summed E-state index contributed by atoms with van der Waals surface area (Å²) < 4.78 is 10.5. The molecule has 0 unspecified atom stereocenters. The first kappa shape index (κ1) is 14.6. The van der Waals surface area contributed by atoms with Gasteiger partial charge in [0.2, 0.25) is 0 Å². The molecule has 0 aromatic heterocycles. The van der Waals surface area contributed by atoms with Crippen LogP contribution in [-0.4, -0.2) is 18.0 Å². The molecule has 4 heteroatoms. The van der Waals surface area contributed by atoms with E-state index in [1.54, 1.807) is 6.07 Å². The van der Waals surface area contributed by atoms with Crippen molar-refractivity contribution in [3.05, 3.63) is 29.8 Å². The van der Waals surface area contributed by atoms with Gasteiger partial charge in [0.15, 0.2) is 0 Å². The average Bonchev–Trinajstić information content (AvgIpc) is 2.38. The van der Waals surface area contributed by atoms with Gasteiger partial charge < -0.3 is 9.47 Å². The van der Waals surface area contributed by atoms with E-state index in [0.717, 1.165) is 31.2 Å². The number of benzene rings is 1. The van der Waals surface area contributed by atoms with Gasteiger partial charge in [-0.1, -0.05) is 18.6 Å². The Hall–Kier alpha value is -1.84. The molecular formula is C16H20O4. The maximum Gasteiger partial charge on any atom is 0.308 e. The van der Waals surface area contributed by atoms with Crippen molar-refractivity contribution in [1.82, 2.24) is 0 Å². The highest BCUT2D eigenvalue weighted by Crippen LogP contribution is 2.36. The first-order valence-corrected chi connectivity index (χ1v) is 7.02. The summed E-state index contributed by atoms with van der Waals surface area (Å²) in [5.41, 5.74) is 1.06. The van der Waals surface area contributed by atoms with Crippen LogP contribution in [0.5, 0.6) is 5.75 Å². The van der Waals surface area contributed by atoms with E-state index in [1.165, 1.54) is 13.8 Å². The first-order chi connectivity index (χ1) is 9.56. The molecule has 2 rings (SSSR count). The molecule has 2 atom stereocenters. The van der Waals surface area contributed by atoms with Crippen LogP contribution in [0.25, 0.3) is 0 Å². The Morgan fingerprint density at radius 2 is 1.85 bits per heavy atom. The fourth-order valence-corrected chi connectivity index (χ4v) is 2.81. The fourth-order valence-electron chi connectivity index (χ4n) is 2.81. The van der Waals surface area contributed by atoms with Crippen LogP contribution in [0.4, 0.5) is 0 Å². The van der Waals surface area contributed by atoms with Crippen LogP contribution >= 0.6 is 0 Å². The zero-order chi connectivity index (χ0) is 14.5. The normalized spacial score (nSPS) is 22.1. The van der Waals surface area contributed by atoms with E-state index in [4.69, 9.17) is 9.47 Å². The molecule has 1 aromatic carbocycles. The summed E-state index contributed by atoms with van der Waals surface area (Å²) in [7, 11) is 0. The van der Waals surface area contributed by atoms with Crippen LogP contribution in [0.2, 0.25) is 0 Å². The van der Waals surface area contributed by atoms with E-state index in [-0.39, 0.29) is 24.0 Å². The summed E-state index contributed by atoms with van der Waals surface area (Å²) in [6.45, 7) is 2.83. The van der Waals surface area contributed by atoms with Crippen molar-refractivity contribution in [1.29, 1.82) is 0 Å². The van der Waals surface area contributed by atoms with Crippen LogP contribution < -0.4 is 4.74 Å². The molecule has 0 N–H and O–H groups in total. The van der Waals surface area contributed by atoms with Gasteiger partial charge in [-0.2, -0.15) is 0 Å². The summed E-state index contributed by atoms with van der Waals surface area (Å²) in [5.74, 6) is 0.158. The Morgan fingerprint density at radius 3 is 2.55 bits per heavy atom. The van der Waals surface area contributed by atoms with Crippen LogP contribution in [0.3, 0.4) is 0 Å². The molecule has 1 aromatic rings. The molecule has 20 heavy (non-hydrogen) atoms. The minimum absolute atomic E-state index is 0.0752. The molecular weight excluding hydrogens is 256 g/mol. The highest BCUT2D eigenvalue weighted by molar-refractivity contribution is 5.69. The van der Waals surface area contributed by atoms with Gasteiger partial charge in [0.1, 0.15) is 11.9 Å². The van der Waals surface area contributed by atoms with Crippen molar-refractivity contribution in [2.75, 3.05) is 0 Å². The van der Waals surface area contributed by atoms with Gasteiger partial charge in [0, 0.05) is 19.8 Å². The Morgan fingerprint density at radius 1 is 1.10 bits per heavy atom. The third kappa shape index (κ3) is 3.83. The number of hydrogen-bond acceptors (Lipinski definition) is 4. The lowest BCUT2D eigenvalue weighted by Gasteiger charge is -2.31. The summed E-state index contributed by atoms with van der Waals surface area (Å²) in [4.78, 5) is 22.2. The zero-order valence-electron chi connectivity index (χ0n) is 11.9. The summed E-state index contributed by atoms with van der Waals surface area (Å²) in [5, 5.41) is 0. The number of hydrogen-bond donors (Lipinski definition) is 0. The van der Waals surface area contributed by atoms with Crippen molar-refractivity contribution in [2.24, 2.45) is 0 Å². The fraction of sp³-hybridized carbons (Fsp3) is 0.500. The maximum absolute atomic E-state index is 11.2. The second-order valence-corrected chi connectivity index (χ2v) is 5.20. The molecule has 0 heterocycles. The summed E-state index contributed by atoms with van der Waals surface area (Å²) >= 11 is 0. The van der Waals surface area contributed by atoms with Crippen molar-refractivity contribution in [2.45, 2.75) is 51.6 Å². The predicted octanol–water partition coefficient (Wildman–Crippen LogP) is 3.20. The largest absolute Gasteiger partial charge is 0.462 e. The van der Waals surface area contributed by atoms with E-state index >= 15 is 0 Å². The number of rotatable bonds is 3. The summed E-state index contributed by atoms with van der Waals surface area (Å²) in [6.07, 6.45) is 4.01. The van der Waals surface area contributed by atoms with Crippen LogP contribution in [-0.2, 0) is 14.3 Å². The number of carbonyl (C=O) groups is 2. The van der Waals surface area contributed by atoms with Gasteiger partial charge >= 0.3 is 11.9 Å². The van der Waals surface area contributed by atoms with Crippen LogP contribution in [0.15, 0.2) is 24.3 Å². The Kier molecular flexibility index (Phi) is 4.77. The lowest BCUT2D eigenvalue weighted by atomic mass is 9.81. The molecule has 0 saturated heterocycles. The topological polar surface area (TPSA) is 52.6 Å². The number of carbonyl (C=O) groups excluding carboxylic acids is 2.